The molecule has 154 valence electrons. The fourth-order valence-corrected chi connectivity index (χ4v) is 3.08. The molecule has 0 spiro atoms. The Labute approximate surface area is 179 Å². The number of hydrogen-bond acceptors (Lipinski definition) is 7. The minimum atomic E-state index is -0.840. The van der Waals surface area contributed by atoms with E-state index in [0.29, 0.717) is 16.9 Å². The molecule has 0 aliphatic carbocycles. The third kappa shape index (κ3) is 4.75. The second kappa shape index (κ2) is 9.35. The predicted octanol–water partition coefficient (Wildman–Crippen LogP) is 2.61. The van der Waals surface area contributed by atoms with E-state index >= 15 is 0 Å². The summed E-state index contributed by atoms with van der Waals surface area (Å²) in [6.45, 7) is 0.217. The van der Waals surface area contributed by atoms with Crippen LogP contribution in [0.4, 0.5) is 22.0 Å². The van der Waals surface area contributed by atoms with Crippen molar-refractivity contribution in [1.29, 1.82) is 10.5 Å². The second-order valence-electron chi connectivity index (χ2n) is 6.67. The van der Waals surface area contributed by atoms with Gasteiger partial charge in [-0.2, -0.15) is 10.5 Å². The second-order valence-corrected chi connectivity index (χ2v) is 6.67. The van der Waals surface area contributed by atoms with Crippen LogP contribution < -0.4 is 15.5 Å². The Morgan fingerprint density at radius 1 is 1.10 bits per heavy atom. The molecule has 0 bridgehead atoms. The third-order valence-corrected chi connectivity index (χ3v) is 4.59. The summed E-state index contributed by atoms with van der Waals surface area (Å²) in [6.07, 6.45) is 1.69. The van der Waals surface area contributed by atoms with Crippen molar-refractivity contribution in [3.05, 3.63) is 77.7 Å². The summed E-state index contributed by atoms with van der Waals surface area (Å²) in [4.78, 5) is 23.2. The van der Waals surface area contributed by atoms with Gasteiger partial charge in [-0.1, -0.05) is 30.3 Å². The van der Waals surface area contributed by atoms with Crippen LogP contribution in [0.1, 0.15) is 22.9 Å². The van der Waals surface area contributed by atoms with Crippen LogP contribution in [-0.4, -0.2) is 34.7 Å². The maximum Gasteiger partial charge on any atom is 0.325 e. The van der Waals surface area contributed by atoms with E-state index in [4.69, 9.17) is 11.0 Å². The summed E-state index contributed by atoms with van der Waals surface area (Å²) >= 11 is 0. The molecule has 0 aliphatic heterocycles. The van der Waals surface area contributed by atoms with E-state index in [-0.39, 0.29) is 18.1 Å². The first-order chi connectivity index (χ1) is 14.9. The molecule has 1 unspecified atom stereocenters. The normalized spacial score (nSPS) is 11.1. The molecule has 1 atom stereocenters. The van der Waals surface area contributed by atoms with Crippen molar-refractivity contribution in [3.8, 4) is 12.1 Å². The van der Waals surface area contributed by atoms with Gasteiger partial charge in [0, 0.05) is 13.6 Å². The number of nitriles is 2. The molecule has 2 aromatic carbocycles. The Bertz CT molecular complexity index is 1150. The molecule has 1 heterocycles. The maximum atomic E-state index is 12.3. The molecular weight excluding hydrogens is 394 g/mol. The molecule has 0 saturated carbocycles. The summed E-state index contributed by atoms with van der Waals surface area (Å²) in [5.74, 6) is 0.0971. The number of nitrogens with two attached hydrogens (primary N) is 1. The van der Waals surface area contributed by atoms with Gasteiger partial charge < -0.3 is 15.7 Å². The number of urea groups is 1. The Morgan fingerprint density at radius 2 is 1.84 bits per heavy atom. The minimum absolute atomic E-state index is 0.0854. The number of hydrogen-bond donors (Lipinski definition) is 2. The molecule has 9 nitrogen and oxygen atoms in total. The van der Waals surface area contributed by atoms with Crippen molar-refractivity contribution in [3.63, 3.8) is 0 Å². The number of aliphatic hydroxyl groups excluding tert-OH is 1. The van der Waals surface area contributed by atoms with Crippen molar-refractivity contribution in [2.75, 3.05) is 23.4 Å². The topological polar surface area (TPSA) is 143 Å². The van der Waals surface area contributed by atoms with Crippen molar-refractivity contribution >= 4 is 23.2 Å². The van der Waals surface area contributed by atoms with Gasteiger partial charge in [0.2, 0.25) is 0 Å². The summed E-state index contributed by atoms with van der Waals surface area (Å²) in [7, 11) is 1.75. The zero-order valence-corrected chi connectivity index (χ0v) is 16.7. The molecule has 3 N–H and O–H groups in total. The van der Waals surface area contributed by atoms with Crippen LogP contribution >= 0.6 is 0 Å². The van der Waals surface area contributed by atoms with Crippen LogP contribution in [0.15, 0.2) is 60.9 Å². The number of likely N-dealkylation sites (N-methyl/N-ethyl adjacent to an activating group) is 1. The predicted molar refractivity (Wildman–Crippen MR) is 114 cm³/mol. The van der Waals surface area contributed by atoms with Crippen LogP contribution in [0.2, 0.25) is 0 Å². The van der Waals surface area contributed by atoms with Crippen molar-refractivity contribution < 1.29 is 9.90 Å². The van der Waals surface area contributed by atoms with Gasteiger partial charge in [0.15, 0.2) is 11.5 Å². The van der Waals surface area contributed by atoms with Gasteiger partial charge >= 0.3 is 6.03 Å². The highest BCUT2D eigenvalue weighted by Gasteiger charge is 2.23. The van der Waals surface area contributed by atoms with E-state index < -0.39 is 12.1 Å². The number of aromatic nitrogens is 2. The molecule has 0 fully saturated rings. The molecule has 1 aromatic heterocycles. The number of anilines is 3. The first-order valence-corrected chi connectivity index (χ1v) is 9.24. The van der Waals surface area contributed by atoms with Gasteiger partial charge in [-0.15, -0.1) is 0 Å². The number of primary amides is 1. The molecule has 0 saturated heterocycles. The van der Waals surface area contributed by atoms with E-state index in [1.54, 1.807) is 24.1 Å². The fraction of sp³-hybridized carbons (Fsp3) is 0.136. The lowest BCUT2D eigenvalue weighted by Gasteiger charge is -2.29. The van der Waals surface area contributed by atoms with Crippen molar-refractivity contribution in [1.82, 2.24) is 9.97 Å². The minimum Gasteiger partial charge on any atom is -0.387 e. The third-order valence-electron chi connectivity index (χ3n) is 4.59. The molecular formula is C22H19N7O2. The largest absolute Gasteiger partial charge is 0.387 e. The number of nitrogens with zero attached hydrogens (tertiary/aromatic N) is 6. The first kappa shape index (κ1) is 21.2. The lowest BCUT2D eigenvalue weighted by molar-refractivity contribution is 0.185. The SMILES string of the molecule is CN(CC(O)c1ccccc1)c1ccc(C#N)cc1N(C(N)=O)c1cnc(C#N)cn1. The van der Waals surface area contributed by atoms with Gasteiger partial charge in [-0.25, -0.2) is 19.7 Å². The zero-order valence-electron chi connectivity index (χ0n) is 16.7. The van der Waals surface area contributed by atoms with Crippen LogP contribution in [0.5, 0.6) is 0 Å². The standard InChI is InChI=1S/C22H19N7O2/c1-28(14-20(30)16-5-3-2-4-6-16)18-8-7-15(10-23)9-19(18)29(22(25)31)21-13-26-17(11-24)12-27-21/h2-9,12-13,20,30H,14H2,1H3,(H2,25,31). The number of amides is 2. The van der Waals surface area contributed by atoms with E-state index in [0.717, 1.165) is 10.5 Å². The molecule has 2 amide bonds. The highest BCUT2D eigenvalue weighted by atomic mass is 16.3. The first-order valence-electron chi connectivity index (χ1n) is 9.24. The Hall–Kier alpha value is -4.47. The lowest BCUT2D eigenvalue weighted by atomic mass is 10.1. The fourth-order valence-electron chi connectivity index (χ4n) is 3.08. The van der Waals surface area contributed by atoms with Gasteiger partial charge in [-0.05, 0) is 23.8 Å². The summed E-state index contributed by atoms with van der Waals surface area (Å²) in [5, 5.41) is 28.9. The Morgan fingerprint density at radius 3 is 2.42 bits per heavy atom. The maximum absolute atomic E-state index is 12.3. The van der Waals surface area contributed by atoms with Crippen LogP contribution in [0.25, 0.3) is 0 Å². The van der Waals surface area contributed by atoms with E-state index in [9.17, 15) is 15.2 Å². The van der Waals surface area contributed by atoms with Gasteiger partial charge in [-0.3, -0.25) is 0 Å². The molecule has 9 heteroatoms. The Kier molecular flexibility index (Phi) is 6.41. The number of carbonyl (C=O) groups is 1. The van der Waals surface area contributed by atoms with E-state index in [2.05, 4.69) is 9.97 Å². The smallest absolute Gasteiger partial charge is 0.325 e. The molecule has 3 rings (SSSR count). The van der Waals surface area contributed by atoms with Crippen LogP contribution in [0, 0.1) is 22.7 Å². The number of benzene rings is 2. The summed E-state index contributed by atoms with van der Waals surface area (Å²) in [6, 6.07) is 17.0. The molecule has 0 aliphatic rings. The number of rotatable bonds is 6. The highest BCUT2D eigenvalue weighted by molar-refractivity contribution is 6.01. The van der Waals surface area contributed by atoms with Crippen molar-refractivity contribution in [2.24, 2.45) is 5.73 Å². The average Bonchev–Trinajstić information content (AvgIpc) is 2.79. The average molecular weight is 413 g/mol. The van der Waals surface area contributed by atoms with E-state index in [1.807, 2.05) is 42.5 Å². The van der Waals surface area contributed by atoms with E-state index in [1.165, 1.54) is 18.5 Å². The number of aliphatic hydroxyl groups is 1. The van der Waals surface area contributed by atoms with Crippen LogP contribution in [0.3, 0.4) is 0 Å². The lowest BCUT2D eigenvalue weighted by Crippen LogP contribution is -2.34. The van der Waals surface area contributed by atoms with Gasteiger partial charge in [0.25, 0.3) is 0 Å². The molecule has 0 radical (unpaired) electrons. The summed E-state index contributed by atoms with van der Waals surface area (Å²) in [5.41, 5.74) is 7.61. The Balaban J connectivity index is 2.02. The van der Waals surface area contributed by atoms with Gasteiger partial charge in [0.1, 0.15) is 6.07 Å². The van der Waals surface area contributed by atoms with Crippen LogP contribution in [-0.2, 0) is 0 Å². The van der Waals surface area contributed by atoms with Crippen molar-refractivity contribution in [2.45, 2.75) is 6.10 Å². The molecule has 31 heavy (non-hydrogen) atoms. The zero-order chi connectivity index (χ0) is 22.4. The highest BCUT2D eigenvalue weighted by Crippen LogP contribution is 2.34. The number of carbonyl (C=O) groups excluding carboxylic acids is 1. The summed E-state index contributed by atoms with van der Waals surface area (Å²) < 4.78 is 0. The monoisotopic (exact) mass is 413 g/mol. The quantitative estimate of drug-likeness (QED) is 0.632. The molecule has 3 aromatic rings. The van der Waals surface area contributed by atoms with Gasteiger partial charge in [0.05, 0.1) is 41.5 Å².